The summed E-state index contributed by atoms with van der Waals surface area (Å²) in [7, 11) is 3.97. The zero-order valence-corrected chi connectivity index (χ0v) is 18.0. The molecule has 0 bridgehead atoms. The Morgan fingerprint density at radius 3 is 2.79 bits per heavy atom. The van der Waals surface area contributed by atoms with Crippen molar-refractivity contribution in [1.82, 2.24) is 24.8 Å². The van der Waals surface area contributed by atoms with E-state index >= 15 is 0 Å². The molecule has 2 aromatic rings. The van der Waals surface area contributed by atoms with Crippen LogP contribution in [0.2, 0.25) is 0 Å². The number of amides is 1. The van der Waals surface area contributed by atoms with E-state index in [4.69, 9.17) is 0 Å². The summed E-state index contributed by atoms with van der Waals surface area (Å²) >= 11 is 1.62. The van der Waals surface area contributed by atoms with Crippen LogP contribution in [0.1, 0.15) is 34.4 Å². The number of nitrogens with zero attached hydrogens (tertiary/aromatic N) is 5. The van der Waals surface area contributed by atoms with E-state index in [0.29, 0.717) is 6.54 Å². The first-order chi connectivity index (χ1) is 13.3. The molecule has 7 nitrogen and oxygen atoms in total. The first kappa shape index (κ1) is 20.4. The molecule has 0 saturated carbocycles. The zero-order chi connectivity index (χ0) is 20.3. The molecule has 1 fully saturated rings. The first-order valence-electron chi connectivity index (χ1n) is 9.48. The molecule has 1 saturated heterocycles. The third-order valence-electron chi connectivity index (χ3n) is 4.77. The van der Waals surface area contributed by atoms with E-state index in [-0.39, 0.29) is 11.8 Å². The number of hydrogen-bond donors (Lipinski definition) is 1. The Labute approximate surface area is 170 Å². The van der Waals surface area contributed by atoms with Gasteiger partial charge in [0, 0.05) is 42.6 Å². The fraction of sp³-hybridized carbons (Fsp3) is 0.500. The molecule has 1 aliphatic rings. The Morgan fingerprint density at radius 2 is 2.11 bits per heavy atom. The van der Waals surface area contributed by atoms with Crippen molar-refractivity contribution in [2.45, 2.75) is 33.1 Å². The fourth-order valence-electron chi connectivity index (χ4n) is 3.17. The van der Waals surface area contributed by atoms with Gasteiger partial charge in [-0.3, -0.25) is 4.79 Å². The summed E-state index contributed by atoms with van der Waals surface area (Å²) in [6, 6.07) is 1.99. The number of hydrogen-bond acceptors (Lipinski definition) is 7. The summed E-state index contributed by atoms with van der Waals surface area (Å²) in [5.41, 5.74) is 2.01. The number of rotatable bonds is 6. The molecule has 0 radical (unpaired) electrons. The lowest BCUT2D eigenvalue weighted by Gasteiger charge is -2.15. The average molecular weight is 401 g/mol. The van der Waals surface area contributed by atoms with E-state index < -0.39 is 0 Å². The van der Waals surface area contributed by atoms with Crippen molar-refractivity contribution in [3.8, 4) is 0 Å². The summed E-state index contributed by atoms with van der Waals surface area (Å²) in [4.78, 5) is 31.2. The number of likely N-dealkylation sites (N-methyl/N-ethyl adjacent to an activating group) is 1. The van der Waals surface area contributed by atoms with E-state index in [2.05, 4.69) is 27.2 Å². The smallest absolute Gasteiger partial charge is 0.246 e. The van der Waals surface area contributed by atoms with Crippen LogP contribution in [0.15, 0.2) is 18.2 Å². The second-order valence-corrected chi connectivity index (χ2v) is 8.65. The lowest BCUT2D eigenvalue weighted by Crippen LogP contribution is -2.27. The Hall–Kier alpha value is -2.32. The molecule has 8 heteroatoms. The van der Waals surface area contributed by atoms with Crippen LogP contribution in [0, 0.1) is 20.8 Å². The van der Waals surface area contributed by atoms with Crippen LogP contribution in [0.3, 0.4) is 0 Å². The molecule has 0 spiro atoms. The predicted molar refractivity (Wildman–Crippen MR) is 113 cm³/mol. The maximum atomic E-state index is 12.4. The van der Waals surface area contributed by atoms with Crippen LogP contribution in [0.4, 0.5) is 10.9 Å². The summed E-state index contributed by atoms with van der Waals surface area (Å²) < 4.78 is 0. The van der Waals surface area contributed by atoms with Gasteiger partial charge in [0.05, 0.1) is 11.4 Å². The standard InChI is InChI=1S/C20H28N6OS/c1-13-14(2)28-20(21-13)24-18-11-17(22-15(3)23-18)16-8-10-26(12-16)19(27)7-6-9-25(4)5/h6-7,11,16H,8-10,12H2,1-5H3,(H,21,22,23,24)/b7-6+/t16-/m0/s1. The van der Waals surface area contributed by atoms with Crippen LogP contribution in [-0.2, 0) is 4.79 Å². The highest BCUT2D eigenvalue weighted by Gasteiger charge is 2.27. The number of anilines is 2. The maximum Gasteiger partial charge on any atom is 0.246 e. The van der Waals surface area contributed by atoms with Gasteiger partial charge >= 0.3 is 0 Å². The highest BCUT2D eigenvalue weighted by Crippen LogP contribution is 2.29. The average Bonchev–Trinajstić information content (AvgIpc) is 3.21. The van der Waals surface area contributed by atoms with Crippen LogP contribution in [0.25, 0.3) is 0 Å². The topological polar surface area (TPSA) is 74.2 Å². The Kier molecular flexibility index (Phi) is 6.41. The summed E-state index contributed by atoms with van der Waals surface area (Å²) in [5, 5.41) is 4.14. The van der Waals surface area contributed by atoms with Gasteiger partial charge in [-0.25, -0.2) is 15.0 Å². The molecular weight excluding hydrogens is 372 g/mol. The van der Waals surface area contributed by atoms with Crippen molar-refractivity contribution in [3.05, 3.63) is 40.3 Å². The van der Waals surface area contributed by atoms with E-state index in [0.717, 1.165) is 47.7 Å². The Bertz CT molecular complexity index is 856. The highest BCUT2D eigenvalue weighted by molar-refractivity contribution is 7.15. The molecule has 1 aliphatic heterocycles. The van der Waals surface area contributed by atoms with Gasteiger partial charge in [0.2, 0.25) is 5.91 Å². The zero-order valence-electron chi connectivity index (χ0n) is 17.2. The van der Waals surface area contributed by atoms with Crippen molar-refractivity contribution >= 4 is 28.2 Å². The number of carbonyl (C=O) groups is 1. The third kappa shape index (κ3) is 5.14. The van der Waals surface area contributed by atoms with Crippen molar-refractivity contribution < 1.29 is 4.79 Å². The minimum Gasteiger partial charge on any atom is -0.338 e. The molecule has 0 aliphatic carbocycles. The van der Waals surface area contributed by atoms with Crippen LogP contribution in [0.5, 0.6) is 0 Å². The second kappa shape index (κ2) is 8.79. The number of thiazole rings is 1. The normalized spacial score (nSPS) is 17.1. The molecule has 1 N–H and O–H groups in total. The van der Waals surface area contributed by atoms with Gasteiger partial charge < -0.3 is 15.1 Å². The molecule has 28 heavy (non-hydrogen) atoms. The van der Waals surface area contributed by atoms with E-state index in [9.17, 15) is 4.79 Å². The van der Waals surface area contributed by atoms with E-state index in [1.165, 1.54) is 4.88 Å². The number of nitrogens with one attached hydrogen (secondary N) is 1. The van der Waals surface area contributed by atoms with Crippen molar-refractivity contribution in [2.24, 2.45) is 0 Å². The number of carbonyl (C=O) groups excluding carboxylic acids is 1. The molecule has 1 atom stereocenters. The minimum atomic E-state index is 0.0715. The number of aromatic nitrogens is 3. The quantitative estimate of drug-likeness (QED) is 0.752. The monoisotopic (exact) mass is 400 g/mol. The summed E-state index contributed by atoms with van der Waals surface area (Å²) in [6.45, 7) is 8.17. The van der Waals surface area contributed by atoms with Gasteiger partial charge in [0.15, 0.2) is 5.13 Å². The van der Waals surface area contributed by atoms with Gasteiger partial charge in [0.25, 0.3) is 0 Å². The van der Waals surface area contributed by atoms with Gasteiger partial charge in [-0.2, -0.15) is 0 Å². The molecule has 150 valence electrons. The van der Waals surface area contributed by atoms with Gasteiger partial charge in [0.1, 0.15) is 11.6 Å². The molecule has 1 amide bonds. The van der Waals surface area contributed by atoms with Gasteiger partial charge in [-0.15, -0.1) is 11.3 Å². The van der Waals surface area contributed by atoms with Crippen molar-refractivity contribution in [2.75, 3.05) is 39.0 Å². The SMILES string of the molecule is Cc1nc(Nc2nc(C)c(C)s2)cc([C@H]2CCN(C(=O)/C=C/CN(C)C)C2)n1. The number of aryl methyl sites for hydroxylation is 3. The lowest BCUT2D eigenvalue weighted by molar-refractivity contribution is -0.125. The molecule has 2 aromatic heterocycles. The largest absolute Gasteiger partial charge is 0.338 e. The second-order valence-electron chi connectivity index (χ2n) is 7.45. The highest BCUT2D eigenvalue weighted by atomic mass is 32.1. The van der Waals surface area contributed by atoms with Gasteiger partial charge in [-0.05, 0) is 41.3 Å². The molecule has 0 aromatic carbocycles. The molecule has 3 heterocycles. The molecule has 3 rings (SSSR count). The number of likely N-dealkylation sites (tertiary alicyclic amines) is 1. The molecule has 0 unspecified atom stereocenters. The van der Waals surface area contributed by atoms with Gasteiger partial charge in [-0.1, -0.05) is 6.08 Å². The predicted octanol–water partition coefficient (Wildman–Crippen LogP) is 3.04. The molecular formula is C20H28N6OS. The van der Waals surface area contributed by atoms with Crippen LogP contribution in [-0.4, -0.2) is 64.4 Å². The van der Waals surface area contributed by atoms with Crippen LogP contribution >= 0.6 is 11.3 Å². The summed E-state index contributed by atoms with van der Waals surface area (Å²) in [6.07, 6.45) is 4.50. The lowest BCUT2D eigenvalue weighted by atomic mass is 10.0. The summed E-state index contributed by atoms with van der Waals surface area (Å²) in [5.74, 6) is 1.78. The van der Waals surface area contributed by atoms with Crippen molar-refractivity contribution in [3.63, 3.8) is 0 Å². The fourth-order valence-corrected chi connectivity index (χ4v) is 3.99. The Balaban J connectivity index is 1.68. The first-order valence-corrected chi connectivity index (χ1v) is 10.3. The Morgan fingerprint density at radius 1 is 1.32 bits per heavy atom. The third-order valence-corrected chi connectivity index (χ3v) is 5.76. The maximum absolute atomic E-state index is 12.4. The van der Waals surface area contributed by atoms with E-state index in [1.807, 2.05) is 49.9 Å². The van der Waals surface area contributed by atoms with Crippen LogP contribution < -0.4 is 5.32 Å². The van der Waals surface area contributed by atoms with Crippen molar-refractivity contribution in [1.29, 1.82) is 0 Å². The minimum absolute atomic E-state index is 0.0715. The van der Waals surface area contributed by atoms with E-state index in [1.54, 1.807) is 17.4 Å².